The van der Waals surface area contributed by atoms with Crippen LogP contribution < -0.4 is 0 Å². The van der Waals surface area contributed by atoms with Crippen LogP contribution in [-0.4, -0.2) is 8.42 Å². The Balaban J connectivity index is 2.46. The minimum absolute atomic E-state index is 0.0399. The molecule has 2 aromatic rings. The normalized spacial score (nSPS) is 13.1. The molecule has 0 amide bonds. The lowest BCUT2D eigenvalue weighted by Crippen LogP contribution is -2.01. The highest BCUT2D eigenvalue weighted by Gasteiger charge is 2.35. The van der Waals surface area contributed by atoms with Gasteiger partial charge in [-0.2, -0.15) is 13.2 Å². The van der Waals surface area contributed by atoms with Gasteiger partial charge in [0.25, 0.3) is 0 Å². The van der Waals surface area contributed by atoms with Crippen LogP contribution in [0.5, 0.6) is 0 Å². The molecule has 1 aromatic heterocycles. The third-order valence-corrected chi connectivity index (χ3v) is 3.20. The summed E-state index contributed by atoms with van der Waals surface area (Å²) in [5.41, 5.74) is 0.338. The Bertz CT molecular complexity index is 688. The molecular formula is C10H6ClF3O3S. The van der Waals surface area contributed by atoms with E-state index in [-0.39, 0.29) is 11.0 Å². The molecule has 98 valence electrons. The Morgan fingerprint density at radius 3 is 2.44 bits per heavy atom. The molecule has 0 N–H and O–H groups in total. The van der Waals surface area contributed by atoms with Crippen LogP contribution in [0.15, 0.2) is 28.7 Å². The van der Waals surface area contributed by atoms with Gasteiger partial charge in [-0.15, -0.1) is 0 Å². The van der Waals surface area contributed by atoms with Crippen molar-refractivity contribution in [1.82, 2.24) is 0 Å². The third-order valence-electron chi connectivity index (χ3n) is 2.20. The molecule has 0 aliphatic carbocycles. The third kappa shape index (κ3) is 2.97. The number of alkyl halides is 3. The largest absolute Gasteiger partial charge is 0.452 e. The van der Waals surface area contributed by atoms with Gasteiger partial charge in [0, 0.05) is 16.1 Å². The van der Waals surface area contributed by atoms with Gasteiger partial charge in [0.15, 0.2) is 0 Å². The number of hydrogen-bond donors (Lipinski definition) is 0. The summed E-state index contributed by atoms with van der Waals surface area (Å²) in [5.74, 6) is -1.57. The van der Waals surface area contributed by atoms with Crippen LogP contribution in [0.2, 0.25) is 0 Å². The predicted octanol–water partition coefficient (Wildman–Crippen LogP) is 3.52. The maximum Gasteiger partial charge on any atom is 0.449 e. The highest BCUT2D eigenvalue weighted by atomic mass is 35.7. The van der Waals surface area contributed by atoms with Crippen molar-refractivity contribution in [3.05, 3.63) is 35.6 Å². The van der Waals surface area contributed by atoms with E-state index in [0.29, 0.717) is 5.56 Å². The van der Waals surface area contributed by atoms with Crippen molar-refractivity contribution < 1.29 is 26.0 Å². The SMILES string of the molecule is O=S(=O)(Cl)Cc1ccc2oc(C(F)(F)F)cc2c1. The highest BCUT2D eigenvalue weighted by molar-refractivity contribution is 8.13. The first-order chi connectivity index (χ1) is 8.15. The summed E-state index contributed by atoms with van der Waals surface area (Å²) in [6.07, 6.45) is -4.57. The number of benzene rings is 1. The standard InChI is InChI=1S/C10H6ClF3O3S/c11-18(15,16)5-6-1-2-8-7(3-6)4-9(17-8)10(12,13)14/h1-4H,5H2. The molecule has 0 spiro atoms. The summed E-state index contributed by atoms with van der Waals surface area (Å²) in [7, 11) is 1.32. The smallest absolute Gasteiger partial charge is 0.449 e. The molecule has 0 radical (unpaired) electrons. The predicted molar refractivity (Wildman–Crippen MR) is 59.7 cm³/mol. The summed E-state index contributed by atoms with van der Waals surface area (Å²) in [6, 6.07) is 4.75. The Labute approximate surface area is 105 Å². The summed E-state index contributed by atoms with van der Waals surface area (Å²) in [5, 5.41) is 0.181. The number of furan rings is 1. The second kappa shape index (κ2) is 4.17. The zero-order valence-electron chi connectivity index (χ0n) is 8.66. The lowest BCUT2D eigenvalue weighted by molar-refractivity contribution is -0.152. The van der Waals surface area contributed by atoms with Crippen molar-refractivity contribution in [2.75, 3.05) is 0 Å². The van der Waals surface area contributed by atoms with Crippen molar-refractivity contribution in [2.45, 2.75) is 11.9 Å². The van der Waals surface area contributed by atoms with Crippen LogP contribution in [0.1, 0.15) is 11.3 Å². The lowest BCUT2D eigenvalue weighted by atomic mass is 10.2. The van der Waals surface area contributed by atoms with Crippen molar-refractivity contribution in [3.8, 4) is 0 Å². The number of hydrogen-bond acceptors (Lipinski definition) is 3. The number of halogens is 4. The minimum Gasteiger partial charge on any atom is -0.452 e. The second-order valence-corrected chi connectivity index (χ2v) is 6.44. The van der Waals surface area contributed by atoms with E-state index in [1.807, 2.05) is 0 Å². The molecule has 0 aliphatic heterocycles. The molecule has 1 heterocycles. The van der Waals surface area contributed by atoms with E-state index in [1.165, 1.54) is 18.2 Å². The van der Waals surface area contributed by atoms with Crippen molar-refractivity contribution in [3.63, 3.8) is 0 Å². The van der Waals surface area contributed by atoms with E-state index >= 15 is 0 Å². The van der Waals surface area contributed by atoms with Crippen LogP contribution in [0.3, 0.4) is 0 Å². The molecule has 1 aromatic carbocycles. The molecule has 0 bridgehead atoms. The Morgan fingerprint density at radius 1 is 1.22 bits per heavy atom. The van der Waals surface area contributed by atoms with Gasteiger partial charge in [-0.1, -0.05) is 6.07 Å². The molecule has 0 aliphatic rings. The first kappa shape index (κ1) is 13.2. The van der Waals surface area contributed by atoms with E-state index in [2.05, 4.69) is 4.42 Å². The zero-order chi connectivity index (χ0) is 13.6. The average Bonchev–Trinajstić information content (AvgIpc) is 2.57. The topological polar surface area (TPSA) is 47.3 Å². The van der Waals surface area contributed by atoms with Crippen molar-refractivity contribution in [2.24, 2.45) is 0 Å². The molecule has 0 saturated heterocycles. The molecule has 0 fully saturated rings. The van der Waals surface area contributed by atoms with E-state index in [4.69, 9.17) is 10.7 Å². The molecule has 0 saturated carbocycles. The van der Waals surface area contributed by atoms with E-state index in [1.54, 1.807) is 0 Å². The Kier molecular flexibility index (Phi) is 3.06. The molecule has 8 heteroatoms. The van der Waals surface area contributed by atoms with E-state index in [9.17, 15) is 21.6 Å². The fraction of sp³-hybridized carbons (Fsp3) is 0.200. The molecule has 18 heavy (non-hydrogen) atoms. The molecule has 3 nitrogen and oxygen atoms in total. The minimum atomic E-state index is -4.57. The van der Waals surface area contributed by atoms with Gasteiger partial charge in [0.1, 0.15) is 5.58 Å². The number of rotatable bonds is 2. The van der Waals surface area contributed by atoms with Gasteiger partial charge in [0.05, 0.1) is 5.75 Å². The maximum atomic E-state index is 12.4. The summed E-state index contributed by atoms with van der Waals surface area (Å²) in [6.45, 7) is 0. The van der Waals surface area contributed by atoms with Crippen molar-refractivity contribution in [1.29, 1.82) is 0 Å². The fourth-order valence-corrected chi connectivity index (χ4v) is 2.48. The first-order valence-electron chi connectivity index (χ1n) is 4.67. The molecule has 0 atom stereocenters. The number of fused-ring (bicyclic) bond motifs is 1. The Hall–Kier alpha value is -1.21. The summed E-state index contributed by atoms with van der Waals surface area (Å²) >= 11 is 0. The van der Waals surface area contributed by atoms with Gasteiger partial charge in [-0.25, -0.2) is 8.42 Å². The first-order valence-corrected chi connectivity index (χ1v) is 7.15. The van der Waals surface area contributed by atoms with Crippen LogP contribution in [0, 0.1) is 0 Å². The average molecular weight is 299 g/mol. The second-order valence-electron chi connectivity index (χ2n) is 3.66. The van der Waals surface area contributed by atoms with Gasteiger partial charge < -0.3 is 4.42 Å². The van der Waals surface area contributed by atoms with Gasteiger partial charge in [0.2, 0.25) is 14.8 Å². The summed E-state index contributed by atoms with van der Waals surface area (Å²) in [4.78, 5) is 0. The van der Waals surface area contributed by atoms with Crippen LogP contribution in [0.4, 0.5) is 13.2 Å². The zero-order valence-corrected chi connectivity index (χ0v) is 10.2. The molecular weight excluding hydrogens is 293 g/mol. The van der Waals surface area contributed by atoms with Gasteiger partial charge in [-0.05, 0) is 23.8 Å². The van der Waals surface area contributed by atoms with Crippen molar-refractivity contribution >= 4 is 30.7 Å². The molecule has 0 unspecified atom stereocenters. The van der Waals surface area contributed by atoms with Crippen LogP contribution >= 0.6 is 10.7 Å². The highest BCUT2D eigenvalue weighted by Crippen LogP contribution is 2.34. The van der Waals surface area contributed by atoms with Crippen LogP contribution in [0.25, 0.3) is 11.0 Å². The molecule has 2 rings (SSSR count). The Morgan fingerprint density at radius 2 is 1.89 bits per heavy atom. The van der Waals surface area contributed by atoms with Gasteiger partial charge >= 0.3 is 6.18 Å². The summed E-state index contributed by atoms with van der Waals surface area (Å²) < 4.78 is 63.5. The quantitative estimate of drug-likeness (QED) is 0.797. The van der Waals surface area contributed by atoms with E-state index < -0.39 is 26.7 Å². The van der Waals surface area contributed by atoms with Crippen LogP contribution in [-0.2, 0) is 21.0 Å². The lowest BCUT2D eigenvalue weighted by Gasteiger charge is -1.99. The van der Waals surface area contributed by atoms with Gasteiger partial charge in [-0.3, -0.25) is 0 Å². The maximum absolute atomic E-state index is 12.4. The fourth-order valence-electron chi connectivity index (χ4n) is 1.52. The monoisotopic (exact) mass is 298 g/mol. The van der Waals surface area contributed by atoms with E-state index in [0.717, 1.165) is 6.07 Å².